The van der Waals surface area contributed by atoms with E-state index in [2.05, 4.69) is 5.32 Å². The Morgan fingerprint density at radius 1 is 1.45 bits per heavy atom. The van der Waals surface area contributed by atoms with Crippen LogP contribution in [0.4, 0.5) is 0 Å². The van der Waals surface area contributed by atoms with Crippen LogP contribution in [-0.2, 0) is 11.3 Å². The van der Waals surface area contributed by atoms with Gasteiger partial charge in [0, 0.05) is 26.7 Å². The molecule has 0 amide bonds. The number of halogens is 2. The van der Waals surface area contributed by atoms with Gasteiger partial charge in [0.05, 0.1) is 16.1 Å². The van der Waals surface area contributed by atoms with Gasteiger partial charge in [-0.15, -0.1) is 0 Å². The predicted molar refractivity (Wildman–Crippen MR) is 87.5 cm³/mol. The van der Waals surface area contributed by atoms with Crippen molar-refractivity contribution >= 4 is 40.5 Å². The lowest BCUT2D eigenvalue weighted by atomic mass is 10.2. The van der Waals surface area contributed by atoms with E-state index in [4.69, 9.17) is 40.2 Å². The van der Waals surface area contributed by atoms with E-state index < -0.39 is 0 Å². The van der Waals surface area contributed by atoms with E-state index in [1.54, 1.807) is 6.07 Å². The number of rotatable bonds is 4. The largest absolute Gasteiger partial charge is 0.376 e. The maximum absolute atomic E-state index is 6.01. The number of hydrogen-bond acceptors (Lipinski definition) is 2. The van der Waals surface area contributed by atoms with E-state index in [0.717, 1.165) is 31.6 Å². The molecule has 0 radical (unpaired) electrons. The number of nitrogens with one attached hydrogen (secondary N) is 1. The summed E-state index contributed by atoms with van der Waals surface area (Å²) in [5, 5.41) is 5.09. The summed E-state index contributed by atoms with van der Waals surface area (Å²) in [5.41, 5.74) is 1.07. The minimum atomic E-state index is 0.284. The van der Waals surface area contributed by atoms with Crippen molar-refractivity contribution in [2.24, 2.45) is 0 Å². The van der Waals surface area contributed by atoms with Gasteiger partial charge in [0.25, 0.3) is 0 Å². The average molecular weight is 333 g/mol. The van der Waals surface area contributed by atoms with Gasteiger partial charge in [-0.2, -0.15) is 0 Å². The Hall–Kier alpha value is -0.550. The van der Waals surface area contributed by atoms with Crippen LogP contribution < -0.4 is 5.32 Å². The van der Waals surface area contributed by atoms with Crippen LogP contribution in [0.3, 0.4) is 0 Å². The van der Waals surface area contributed by atoms with Crippen LogP contribution in [0.25, 0.3) is 0 Å². The summed E-state index contributed by atoms with van der Waals surface area (Å²) in [6.07, 6.45) is 2.52. The molecule has 6 heteroatoms. The molecule has 1 N–H and O–H groups in total. The monoisotopic (exact) mass is 332 g/mol. The second-order valence-electron chi connectivity index (χ2n) is 4.93. The van der Waals surface area contributed by atoms with Gasteiger partial charge < -0.3 is 15.0 Å². The maximum atomic E-state index is 6.01. The Morgan fingerprint density at radius 2 is 2.25 bits per heavy atom. The van der Waals surface area contributed by atoms with Crippen LogP contribution in [0, 0.1) is 0 Å². The van der Waals surface area contributed by atoms with E-state index in [9.17, 15) is 0 Å². The highest BCUT2D eigenvalue weighted by Gasteiger charge is 2.16. The molecule has 0 aromatic heterocycles. The molecule has 3 nitrogen and oxygen atoms in total. The van der Waals surface area contributed by atoms with E-state index >= 15 is 0 Å². The summed E-state index contributed by atoms with van der Waals surface area (Å²) in [6.45, 7) is 2.32. The SMILES string of the molecule is CN(Cc1ccc(Cl)c(Cl)c1)C(=S)NC[C@H]1CCCO1. The molecule has 0 unspecified atom stereocenters. The van der Waals surface area contributed by atoms with E-state index in [-0.39, 0.29) is 6.10 Å². The molecule has 1 aromatic rings. The number of hydrogen-bond donors (Lipinski definition) is 1. The molecule has 110 valence electrons. The third-order valence-electron chi connectivity index (χ3n) is 3.26. The molecule has 1 fully saturated rings. The van der Waals surface area contributed by atoms with Crippen LogP contribution in [0.2, 0.25) is 10.0 Å². The lowest BCUT2D eigenvalue weighted by Crippen LogP contribution is -2.40. The van der Waals surface area contributed by atoms with Crippen LogP contribution in [0.15, 0.2) is 18.2 Å². The minimum absolute atomic E-state index is 0.284. The topological polar surface area (TPSA) is 24.5 Å². The van der Waals surface area contributed by atoms with Crippen LogP contribution in [0.5, 0.6) is 0 Å². The third-order valence-corrected chi connectivity index (χ3v) is 4.45. The van der Waals surface area contributed by atoms with Crippen molar-refractivity contribution in [1.29, 1.82) is 0 Å². The highest BCUT2D eigenvalue weighted by molar-refractivity contribution is 7.80. The second kappa shape index (κ2) is 7.46. The van der Waals surface area contributed by atoms with Crippen LogP contribution in [-0.4, -0.2) is 36.3 Å². The molecule has 1 aliphatic rings. The van der Waals surface area contributed by atoms with Gasteiger partial charge in [-0.05, 0) is 42.8 Å². The first-order valence-corrected chi connectivity index (χ1v) is 7.77. The van der Waals surface area contributed by atoms with E-state index in [1.807, 2.05) is 24.1 Å². The van der Waals surface area contributed by atoms with Crippen molar-refractivity contribution in [3.8, 4) is 0 Å². The summed E-state index contributed by atoms with van der Waals surface area (Å²) in [6, 6.07) is 5.62. The minimum Gasteiger partial charge on any atom is -0.376 e. The second-order valence-corrected chi connectivity index (χ2v) is 6.13. The van der Waals surface area contributed by atoms with Gasteiger partial charge in [0.1, 0.15) is 0 Å². The zero-order valence-electron chi connectivity index (χ0n) is 11.4. The number of thiocarbonyl (C=S) groups is 1. The Labute approximate surface area is 135 Å². The molecule has 1 heterocycles. The number of nitrogens with zero attached hydrogens (tertiary/aromatic N) is 1. The van der Waals surface area contributed by atoms with Gasteiger partial charge >= 0.3 is 0 Å². The molecule has 0 aliphatic carbocycles. The molecular formula is C14H18Cl2N2OS. The summed E-state index contributed by atoms with van der Waals surface area (Å²) < 4.78 is 5.56. The van der Waals surface area contributed by atoms with Crippen LogP contribution >= 0.6 is 35.4 Å². The molecule has 0 saturated carbocycles. The predicted octanol–water partition coefficient (Wildman–Crippen LogP) is 3.48. The standard InChI is InChI=1S/C14H18Cl2N2OS/c1-18(9-10-4-5-12(15)13(16)7-10)14(20)17-8-11-3-2-6-19-11/h4-5,7,11H,2-3,6,8-9H2,1H3,(H,17,20)/t11-/m1/s1. The number of ether oxygens (including phenoxy) is 1. The lowest BCUT2D eigenvalue weighted by Gasteiger charge is -2.22. The normalized spacial score (nSPS) is 18.1. The zero-order chi connectivity index (χ0) is 14.5. The molecule has 1 saturated heterocycles. The van der Waals surface area contributed by atoms with Gasteiger partial charge in [-0.1, -0.05) is 29.3 Å². The fourth-order valence-electron chi connectivity index (χ4n) is 2.13. The molecule has 1 atom stereocenters. The average Bonchev–Trinajstić information content (AvgIpc) is 2.93. The lowest BCUT2D eigenvalue weighted by molar-refractivity contribution is 0.113. The van der Waals surface area contributed by atoms with Crippen molar-refractivity contribution in [2.75, 3.05) is 20.2 Å². The zero-order valence-corrected chi connectivity index (χ0v) is 13.7. The van der Waals surface area contributed by atoms with Crippen molar-refractivity contribution in [3.05, 3.63) is 33.8 Å². The van der Waals surface area contributed by atoms with Crippen molar-refractivity contribution < 1.29 is 4.74 Å². The highest BCUT2D eigenvalue weighted by atomic mass is 35.5. The fourth-order valence-corrected chi connectivity index (χ4v) is 2.59. The van der Waals surface area contributed by atoms with Gasteiger partial charge in [-0.3, -0.25) is 0 Å². The molecule has 20 heavy (non-hydrogen) atoms. The Kier molecular flexibility index (Phi) is 5.90. The molecule has 1 aromatic carbocycles. The van der Waals surface area contributed by atoms with Crippen LogP contribution in [0.1, 0.15) is 18.4 Å². The van der Waals surface area contributed by atoms with Gasteiger partial charge in [0.2, 0.25) is 0 Å². The molecule has 2 rings (SSSR count). The van der Waals surface area contributed by atoms with Gasteiger partial charge in [-0.25, -0.2) is 0 Å². The Bertz CT molecular complexity index is 478. The summed E-state index contributed by atoms with van der Waals surface area (Å²) in [5.74, 6) is 0. The molecule has 0 spiro atoms. The van der Waals surface area contributed by atoms with Crippen molar-refractivity contribution in [1.82, 2.24) is 10.2 Å². The van der Waals surface area contributed by atoms with E-state index in [1.165, 1.54) is 0 Å². The smallest absolute Gasteiger partial charge is 0.169 e. The fraction of sp³-hybridized carbons (Fsp3) is 0.500. The van der Waals surface area contributed by atoms with Gasteiger partial charge in [0.15, 0.2) is 5.11 Å². The van der Waals surface area contributed by atoms with E-state index in [0.29, 0.717) is 21.7 Å². The number of benzene rings is 1. The molecular weight excluding hydrogens is 315 g/mol. The Morgan fingerprint density at radius 3 is 2.90 bits per heavy atom. The Balaban J connectivity index is 1.81. The summed E-state index contributed by atoms with van der Waals surface area (Å²) in [7, 11) is 1.95. The maximum Gasteiger partial charge on any atom is 0.169 e. The first-order chi connectivity index (χ1) is 9.56. The quantitative estimate of drug-likeness (QED) is 0.853. The van der Waals surface area contributed by atoms with Crippen molar-refractivity contribution in [3.63, 3.8) is 0 Å². The first-order valence-electron chi connectivity index (χ1n) is 6.61. The first kappa shape index (κ1) is 15.8. The third kappa shape index (κ3) is 4.48. The summed E-state index contributed by atoms with van der Waals surface area (Å²) in [4.78, 5) is 1.98. The summed E-state index contributed by atoms with van der Waals surface area (Å²) >= 11 is 17.3. The molecule has 1 aliphatic heterocycles. The molecule has 0 bridgehead atoms. The van der Waals surface area contributed by atoms with Crippen molar-refractivity contribution in [2.45, 2.75) is 25.5 Å². The highest BCUT2D eigenvalue weighted by Crippen LogP contribution is 2.23.